The summed E-state index contributed by atoms with van der Waals surface area (Å²) in [6.07, 6.45) is 2.20. The monoisotopic (exact) mass is 321 g/mol. The van der Waals surface area contributed by atoms with E-state index in [1.807, 2.05) is 6.92 Å². The van der Waals surface area contributed by atoms with Gasteiger partial charge in [-0.05, 0) is 44.2 Å². The van der Waals surface area contributed by atoms with Gasteiger partial charge in [-0.15, -0.1) is 0 Å². The summed E-state index contributed by atoms with van der Waals surface area (Å²) in [6, 6.07) is 4.78. The summed E-state index contributed by atoms with van der Waals surface area (Å²) in [5, 5.41) is 26.4. The zero-order valence-corrected chi connectivity index (χ0v) is 13.4. The second kappa shape index (κ2) is 7.41. The van der Waals surface area contributed by atoms with Gasteiger partial charge in [0.1, 0.15) is 5.69 Å². The van der Waals surface area contributed by atoms with E-state index in [0.717, 1.165) is 12.8 Å². The highest BCUT2D eigenvalue weighted by molar-refractivity contribution is 5.95. The maximum Gasteiger partial charge on any atom is 0.293 e. The second-order valence-corrected chi connectivity index (χ2v) is 6.31. The smallest absolute Gasteiger partial charge is 0.293 e. The summed E-state index contributed by atoms with van der Waals surface area (Å²) in [5.74, 6) is -0.215. The molecular formula is C16H23N3O4. The van der Waals surface area contributed by atoms with Crippen molar-refractivity contribution < 1.29 is 14.8 Å². The maximum absolute atomic E-state index is 12.1. The lowest BCUT2D eigenvalue weighted by molar-refractivity contribution is -0.384. The van der Waals surface area contributed by atoms with Crippen molar-refractivity contribution in [3.05, 3.63) is 33.9 Å². The number of nitrogens with zero attached hydrogens (tertiary/aromatic N) is 1. The number of hydrogen-bond donors (Lipinski definition) is 3. The Morgan fingerprint density at radius 2 is 2.13 bits per heavy atom. The molecule has 1 fully saturated rings. The molecule has 0 spiro atoms. The predicted molar refractivity (Wildman–Crippen MR) is 87.5 cm³/mol. The largest absolute Gasteiger partial charge is 0.393 e. The molecule has 2 atom stereocenters. The molecule has 1 aromatic carbocycles. The van der Waals surface area contributed by atoms with E-state index < -0.39 is 11.0 Å². The Balaban J connectivity index is 2.02. The van der Waals surface area contributed by atoms with E-state index in [-0.39, 0.29) is 23.1 Å². The number of aliphatic hydroxyl groups is 1. The molecule has 2 unspecified atom stereocenters. The fourth-order valence-electron chi connectivity index (χ4n) is 2.43. The van der Waals surface area contributed by atoms with Gasteiger partial charge in [-0.3, -0.25) is 14.9 Å². The van der Waals surface area contributed by atoms with E-state index in [9.17, 15) is 20.0 Å². The fraction of sp³-hybridized carbons (Fsp3) is 0.562. The third-order valence-electron chi connectivity index (χ3n) is 3.75. The zero-order valence-electron chi connectivity index (χ0n) is 13.4. The van der Waals surface area contributed by atoms with Gasteiger partial charge < -0.3 is 15.7 Å². The summed E-state index contributed by atoms with van der Waals surface area (Å²) in [4.78, 5) is 22.9. The number of rotatable bonds is 8. The first-order chi connectivity index (χ1) is 10.9. The Bertz CT molecular complexity index is 585. The maximum atomic E-state index is 12.1. The Hall–Kier alpha value is -2.15. The third-order valence-corrected chi connectivity index (χ3v) is 3.75. The van der Waals surface area contributed by atoms with E-state index in [4.69, 9.17) is 0 Å². The lowest BCUT2D eigenvalue weighted by atomic mass is 10.0. The standard InChI is InChI=1S/C16H23N3O4/c1-10(7-11(2)20)9-17-16(21)12-3-6-14(18-13-4-5-13)15(8-12)19(22)23/h3,6,8,10-11,13,18,20H,4-5,7,9H2,1-2H3,(H,17,21). The average molecular weight is 321 g/mol. The number of anilines is 1. The minimum absolute atomic E-state index is 0.0819. The Labute approximate surface area is 135 Å². The first kappa shape index (κ1) is 17.2. The van der Waals surface area contributed by atoms with Crippen molar-refractivity contribution in [2.75, 3.05) is 11.9 Å². The van der Waals surface area contributed by atoms with Gasteiger partial charge in [-0.2, -0.15) is 0 Å². The van der Waals surface area contributed by atoms with Crippen LogP contribution in [0.5, 0.6) is 0 Å². The highest BCUT2D eigenvalue weighted by atomic mass is 16.6. The van der Waals surface area contributed by atoms with Crippen LogP contribution in [0.3, 0.4) is 0 Å². The molecule has 126 valence electrons. The van der Waals surface area contributed by atoms with E-state index >= 15 is 0 Å². The van der Waals surface area contributed by atoms with Crippen LogP contribution in [0, 0.1) is 16.0 Å². The van der Waals surface area contributed by atoms with Gasteiger partial charge in [0.05, 0.1) is 11.0 Å². The molecule has 7 heteroatoms. The molecule has 1 aliphatic rings. The number of hydrogen-bond acceptors (Lipinski definition) is 5. The van der Waals surface area contributed by atoms with Gasteiger partial charge in [-0.1, -0.05) is 6.92 Å². The molecular weight excluding hydrogens is 298 g/mol. The number of nitro groups is 1. The van der Waals surface area contributed by atoms with Crippen LogP contribution < -0.4 is 10.6 Å². The van der Waals surface area contributed by atoms with Crippen LogP contribution >= 0.6 is 0 Å². The van der Waals surface area contributed by atoms with Crippen molar-refractivity contribution in [1.29, 1.82) is 0 Å². The molecule has 1 saturated carbocycles. The molecule has 0 saturated heterocycles. The van der Waals surface area contributed by atoms with E-state index in [2.05, 4.69) is 10.6 Å². The van der Waals surface area contributed by atoms with Crippen molar-refractivity contribution in [3.63, 3.8) is 0 Å². The van der Waals surface area contributed by atoms with Crippen LogP contribution in [0.15, 0.2) is 18.2 Å². The number of nitro benzene ring substituents is 1. The summed E-state index contributed by atoms with van der Waals surface area (Å²) >= 11 is 0. The quantitative estimate of drug-likeness (QED) is 0.503. The van der Waals surface area contributed by atoms with Gasteiger partial charge in [0.25, 0.3) is 11.6 Å². The molecule has 2 rings (SSSR count). The molecule has 0 bridgehead atoms. The molecule has 0 heterocycles. The van der Waals surface area contributed by atoms with Gasteiger partial charge >= 0.3 is 0 Å². The first-order valence-corrected chi connectivity index (χ1v) is 7.88. The summed E-state index contributed by atoms with van der Waals surface area (Å²) in [6.45, 7) is 4.05. The minimum Gasteiger partial charge on any atom is -0.393 e. The fourth-order valence-corrected chi connectivity index (χ4v) is 2.43. The third kappa shape index (κ3) is 5.21. The molecule has 7 nitrogen and oxygen atoms in total. The normalized spacial score (nSPS) is 16.5. The predicted octanol–water partition coefficient (Wildman–Crippen LogP) is 2.31. The summed E-state index contributed by atoms with van der Waals surface area (Å²) in [5.41, 5.74) is 0.639. The van der Waals surface area contributed by atoms with Crippen molar-refractivity contribution in [3.8, 4) is 0 Å². The Morgan fingerprint density at radius 3 is 2.70 bits per heavy atom. The van der Waals surface area contributed by atoms with Crippen molar-refractivity contribution in [1.82, 2.24) is 5.32 Å². The van der Waals surface area contributed by atoms with Crippen LogP contribution in [0.25, 0.3) is 0 Å². The SMILES string of the molecule is CC(O)CC(C)CNC(=O)c1ccc(NC2CC2)c([N+](=O)[O-])c1. The van der Waals surface area contributed by atoms with Crippen molar-refractivity contribution >= 4 is 17.3 Å². The van der Waals surface area contributed by atoms with Gasteiger partial charge in [0.15, 0.2) is 0 Å². The summed E-state index contributed by atoms with van der Waals surface area (Å²) < 4.78 is 0. The minimum atomic E-state index is -0.475. The van der Waals surface area contributed by atoms with Crippen LogP contribution in [-0.2, 0) is 0 Å². The molecule has 1 aromatic rings. The van der Waals surface area contributed by atoms with E-state index in [0.29, 0.717) is 24.7 Å². The highest BCUT2D eigenvalue weighted by Gasteiger charge is 2.25. The van der Waals surface area contributed by atoms with Crippen molar-refractivity contribution in [2.45, 2.75) is 45.3 Å². The van der Waals surface area contributed by atoms with Crippen molar-refractivity contribution in [2.24, 2.45) is 5.92 Å². The van der Waals surface area contributed by atoms with Crippen LogP contribution in [-0.4, -0.2) is 34.6 Å². The molecule has 1 amide bonds. The number of aliphatic hydroxyl groups excluding tert-OH is 1. The molecule has 3 N–H and O–H groups in total. The number of carbonyl (C=O) groups excluding carboxylic acids is 1. The van der Waals surface area contributed by atoms with Gasteiger partial charge in [0.2, 0.25) is 0 Å². The van der Waals surface area contributed by atoms with Crippen LogP contribution in [0.4, 0.5) is 11.4 Å². The number of benzene rings is 1. The van der Waals surface area contributed by atoms with E-state index in [1.54, 1.807) is 19.1 Å². The van der Waals surface area contributed by atoms with Gasteiger partial charge in [0, 0.05) is 24.2 Å². The lowest BCUT2D eigenvalue weighted by Crippen LogP contribution is -2.29. The average Bonchev–Trinajstić information content (AvgIpc) is 3.28. The molecule has 0 aliphatic heterocycles. The number of nitrogens with one attached hydrogen (secondary N) is 2. The first-order valence-electron chi connectivity index (χ1n) is 7.88. The number of carbonyl (C=O) groups is 1. The zero-order chi connectivity index (χ0) is 17.0. The number of amides is 1. The molecule has 0 radical (unpaired) electrons. The molecule has 0 aromatic heterocycles. The molecule has 23 heavy (non-hydrogen) atoms. The van der Waals surface area contributed by atoms with Crippen LogP contribution in [0.2, 0.25) is 0 Å². The lowest BCUT2D eigenvalue weighted by Gasteiger charge is -2.14. The molecule has 1 aliphatic carbocycles. The Kier molecular flexibility index (Phi) is 5.54. The summed E-state index contributed by atoms with van der Waals surface area (Å²) in [7, 11) is 0. The van der Waals surface area contributed by atoms with Gasteiger partial charge in [-0.25, -0.2) is 0 Å². The van der Waals surface area contributed by atoms with Crippen LogP contribution in [0.1, 0.15) is 43.5 Å². The van der Waals surface area contributed by atoms with E-state index in [1.165, 1.54) is 6.07 Å². The highest BCUT2D eigenvalue weighted by Crippen LogP contribution is 2.31. The topological polar surface area (TPSA) is 104 Å². The Morgan fingerprint density at radius 1 is 1.43 bits per heavy atom. The second-order valence-electron chi connectivity index (χ2n) is 6.31.